The second-order valence-electron chi connectivity index (χ2n) is 8.56. The fourth-order valence-corrected chi connectivity index (χ4v) is 5.37. The quantitative estimate of drug-likeness (QED) is 0.728. The molecule has 2 aromatic rings. The first kappa shape index (κ1) is 18.4. The number of halogens is 1. The second-order valence-corrected chi connectivity index (χ2v) is 9.00. The smallest absolute Gasteiger partial charge is 0.238 e. The average molecular weight is 407 g/mol. The topological polar surface area (TPSA) is 58.2 Å². The van der Waals surface area contributed by atoms with Crippen LogP contribution in [0.1, 0.15) is 54.7 Å². The third-order valence-electron chi connectivity index (χ3n) is 6.61. The van der Waals surface area contributed by atoms with E-state index in [-0.39, 0.29) is 24.2 Å². The Morgan fingerprint density at radius 2 is 1.93 bits per heavy atom. The molecular weight excluding hydrogens is 384 g/mol. The van der Waals surface area contributed by atoms with Crippen LogP contribution in [0, 0.1) is 0 Å². The van der Waals surface area contributed by atoms with Gasteiger partial charge < -0.3 is 10.6 Å². The number of piperidine rings is 1. The van der Waals surface area contributed by atoms with Gasteiger partial charge in [0.1, 0.15) is 5.41 Å². The summed E-state index contributed by atoms with van der Waals surface area (Å²) in [6, 6.07) is 13.3. The van der Waals surface area contributed by atoms with Crippen molar-refractivity contribution in [1.29, 1.82) is 0 Å². The van der Waals surface area contributed by atoms with E-state index in [1.807, 2.05) is 25.1 Å². The zero-order chi connectivity index (χ0) is 20.3. The van der Waals surface area contributed by atoms with Gasteiger partial charge in [0, 0.05) is 23.0 Å². The molecule has 2 amide bonds. The van der Waals surface area contributed by atoms with Crippen LogP contribution in [0.25, 0.3) is 0 Å². The highest BCUT2D eigenvalue weighted by Crippen LogP contribution is 2.55. The number of nitrogens with one attached hydrogen (secondary N) is 2. The number of benzene rings is 2. The van der Waals surface area contributed by atoms with Crippen LogP contribution in [0.5, 0.6) is 0 Å². The van der Waals surface area contributed by atoms with E-state index in [9.17, 15) is 9.59 Å². The molecule has 2 heterocycles. The molecule has 2 fully saturated rings. The Morgan fingerprint density at radius 1 is 1.14 bits per heavy atom. The molecule has 0 bridgehead atoms. The monoisotopic (exact) mass is 406 g/mol. The molecule has 2 N–H and O–H groups in total. The Balaban J connectivity index is 1.74. The molecule has 5 heteroatoms. The first-order chi connectivity index (χ1) is 13.9. The largest absolute Gasteiger partial charge is 0.348 e. The first-order valence-electron chi connectivity index (χ1n) is 10.1. The van der Waals surface area contributed by atoms with Crippen LogP contribution in [0.3, 0.4) is 0 Å². The molecule has 0 unspecified atom stereocenters. The Morgan fingerprint density at radius 3 is 2.62 bits per heavy atom. The van der Waals surface area contributed by atoms with Crippen LogP contribution in [0.4, 0.5) is 5.69 Å². The lowest BCUT2D eigenvalue weighted by molar-refractivity contribution is -0.130. The predicted octanol–water partition coefficient (Wildman–Crippen LogP) is 4.66. The average Bonchev–Trinajstić information content (AvgIpc) is 3.49. The Bertz CT molecular complexity index is 1060. The Kier molecular flexibility index (Phi) is 4.11. The number of amides is 2. The maximum atomic E-state index is 13.7. The SMILES string of the molecule is C=C(C)[C@H]1NC(=O)C[C@@H](c2cccc(Cl)c2)[C@]12C(=O)Nc1cc(C3CC3)ccc12. The molecule has 3 atom stereocenters. The summed E-state index contributed by atoms with van der Waals surface area (Å²) in [6.07, 6.45) is 2.63. The van der Waals surface area contributed by atoms with Gasteiger partial charge in [-0.25, -0.2) is 0 Å². The van der Waals surface area contributed by atoms with Crippen LogP contribution in [-0.2, 0) is 15.0 Å². The van der Waals surface area contributed by atoms with Gasteiger partial charge in [-0.05, 0) is 60.6 Å². The van der Waals surface area contributed by atoms with Gasteiger partial charge in [-0.3, -0.25) is 9.59 Å². The normalized spacial score (nSPS) is 28.1. The molecular formula is C24H23ClN2O2. The zero-order valence-corrected chi connectivity index (χ0v) is 17.1. The molecule has 0 radical (unpaired) electrons. The molecule has 1 saturated carbocycles. The minimum absolute atomic E-state index is 0.0792. The molecule has 1 spiro atoms. The minimum atomic E-state index is -0.943. The maximum Gasteiger partial charge on any atom is 0.238 e. The summed E-state index contributed by atoms with van der Waals surface area (Å²) in [6.45, 7) is 5.99. The third kappa shape index (κ3) is 2.73. The number of carbonyl (C=O) groups excluding carboxylic acids is 2. The molecule has 4 nitrogen and oxygen atoms in total. The van der Waals surface area contributed by atoms with Crippen molar-refractivity contribution < 1.29 is 9.59 Å². The van der Waals surface area contributed by atoms with E-state index in [1.165, 1.54) is 18.4 Å². The number of anilines is 1. The Hall–Kier alpha value is -2.59. The molecule has 2 aromatic carbocycles. The van der Waals surface area contributed by atoms with E-state index < -0.39 is 11.5 Å². The van der Waals surface area contributed by atoms with Crippen LogP contribution < -0.4 is 10.6 Å². The van der Waals surface area contributed by atoms with Gasteiger partial charge in [-0.2, -0.15) is 0 Å². The molecule has 1 aliphatic carbocycles. The lowest BCUT2D eigenvalue weighted by Gasteiger charge is -2.46. The summed E-state index contributed by atoms with van der Waals surface area (Å²) in [5.74, 6) is 0.105. The summed E-state index contributed by atoms with van der Waals surface area (Å²) in [7, 11) is 0. The van der Waals surface area contributed by atoms with Crippen molar-refractivity contribution in [2.45, 2.75) is 49.5 Å². The molecule has 0 aromatic heterocycles. The van der Waals surface area contributed by atoms with Gasteiger partial charge in [-0.15, -0.1) is 0 Å². The highest BCUT2D eigenvalue weighted by molar-refractivity contribution is 6.30. The van der Waals surface area contributed by atoms with Gasteiger partial charge in [0.2, 0.25) is 11.8 Å². The van der Waals surface area contributed by atoms with Crippen molar-refractivity contribution in [1.82, 2.24) is 5.32 Å². The highest BCUT2D eigenvalue weighted by Gasteiger charge is 2.60. The highest BCUT2D eigenvalue weighted by atomic mass is 35.5. The van der Waals surface area contributed by atoms with Crippen LogP contribution >= 0.6 is 11.6 Å². The number of carbonyl (C=O) groups is 2. The number of fused-ring (bicyclic) bond motifs is 2. The lowest BCUT2D eigenvalue weighted by Crippen LogP contribution is -2.62. The molecule has 3 aliphatic rings. The molecule has 2 aliphatic heterocycles. The second kappa shape index (κ2) is 6.46. The molecule has 29 heavy (non-hydrogen) atoms. The maximum absolute atomic E-state index is 13.7. The van der Waals surface area contributed by atoms with Crippen LogP contribution in [0.15, 0.2) is 54.6 Å². The van der Waals surface area contributed by atoms with Gasteiger partial charge in [0.05, 0.1) is 6.04 Å². The van der Waals surface area contributed by atoms with Crippen molar-refractivity contribution in [3.8, 4) is 0 Å². The van der Waals surface area contributed by atoms with Crippen LogP contribution in [-0.4, -0.2) is 17.9 Å². The van der Waals surface area contributed by atoms with E-state index >= 15 is 0 Å². The summed E-state index contributed by atoms with van der Waals surface area (Å²) in [4.78, 5) is 26.3. The Labute approximate surface area is 175 Å². The van der Waals surface area contributed by atoms with E-state index in [1.54, 1.807) is 6.07 Å². The summed E-state index contributed by atoms with van der Waals surface area (Å²) >= 11 is 6.28. The van der Waals surface area contributed by atoms with Crippen LogP contribution in [0.2, 0.25) is 5.02 Å². The van der Waals surface area contributed by atoms with Crippen molar-refractivity contribution in [2.75, 3.05) is 5.32 Å². The van der Waals surface area contributed by atoms with Gasteiger partial charge in [0.15, 0.2) is 0 Å². The summed E-state index contributed by atoms with van der Waals surface area (Å²) in [5.41, 5.74) is 3.78. The number of rotatable bonds is 3. The standard InChI is InChI=1S/C24H23ClN2O2/c1-13(2)22-24(19(12-21(28)27-22)16-4-3-5-17(25)10-16)18-9-8-15(14-6-7-14)11-20(18)26-23(24)29/h3-5,8-11,14,19,22H,1,6-7,12H2,2H3,(H,26,29)(H,27,28)/t19-,22+,24-/m0/s1. The molecule has 1 saturated heterocycles. The number of hydrogen-bond acceptors (Lipinski definition) is 2. The molecule has 5 rings (SSSR count). The fraction of sp³-hybridized carbons (Fsp3) is 0.333. The minimum Gasteiger partial charge on any atom is -0.348 e. The summed E-state index contributed by atoms with van der Waals surface area (Å²) in [5, 5.41) is 6.78. The fourth-order valence-electron chi connectivity index (χ4n) is 5.17. The first-order valence-corrected chi connectivity index (χ1v) is 10.4. The van der Waals surface area contributed by atoms with Crippen molar-refractivity contribution >= 4 is 29.1 Å². The number of hydrogen-bond donors (Lipinski definition) is 2. The van der Waals surface area contributed by atoms with E-state index in [2.05, 4.69) is 35.4 Å². The summed E-state index contributed by atoms with van der Waals surface area (Å²) < 4.78 is 0. The van der Waals surface area contributed by atoms with Gasteiger partial charge in [-0.1, -0.05) is 48.0 Å². The van der Waals surface area contributed by atoms with Crippen molar-refractivity contribution in [2.24, 2.45) is 0 Å². The van der Waals surface area contributed by atoms with E-state index in [0.29, 0.717) is 10.9 Å². The van der Waals surface area contributed by atoms with E-state index in [0.717, 1.165) is 22.4 Å². The van der Waals surface area contributed by atoms with Crippen molar-refractivity contribution in [3.63, 3.8) is 0 Å². The zero-order valence-electron chi connectivity index (χ0n) is 16.3. The lowest BCUT2D eigenvalue weighted by atomic mass is 9.59. The van der Waals surface area contributed by atoms with Gasteiger partial charge in [0.25, 0.3) is 0 Å². The third-order valence-corrected chi connectivity index (χ3v) is 6.84. The van der Waals surface area contributed by atoms with E-state index in [4.69, 9.17) is 11.6 Å². The molecule has 148 valence electrons. The van der Waals surface area contributed by atoms with Gasteiger partial charge >= 0.3 is 0 Å². The van der Waals surface area contributed by atoms with Crippen molar-refractivity contribution in [3.05, 3.63) is 76.3 Å². The predicted molar refractivity (Wildman–Crippen MR) is 114 cm³/mol.